The van der Waals surface area contributed by atoms with Crippen molar-refractivity contribution < 1.29 is 13.2 Å². The number of para-hydroxylation sites is 2. The number of nitrogens with zero attached hydrogens (tertiary/aromatic N) is 2. The number of amides is 1. The molecule has 1 aromatic heterocycles. The molecule has 7 heteroatoms. The lowest BCUT2D eigenvalue weighted by molar-refractivity contribution is -0.122. The second-order valence-electron chi connectivity index (χ2n) is 7.32. The molecule has 0 bridgehead atoms. The number of sulfone groups is 1. The van der Waals surface area contributed by atoms with Gasteiger partial charge in [-0.05, 0) is 44.0 Å². The molecule has 0 saturated carbocycles. The van der Waals surface area contributed by atoms with Crippen LogP contribution in [0.4, 0.5) is 0 Å². The van der Waals surface area contributed by atoms with Crippen molar-refractivity contribution in [1.29, 1.82) is 0 Å². The second kappa shape index (κ2) is 7.75. The van der Waals surface area contributed by atoms with Gasteiger partial charge in [0.1, 0.15) is 18.1 Å². The minimum Gasteiger partial charge on any atom is -0.348 e. The third kappa shape index (κ3) is 4.59. The van der Waals surface area contributed by atoms with Crippen LogP contribution in [0, 0.1) is 13.8 Å². The lowest BCUT2D eigenvalue weighted by atomic mass is 10.00. The smallest absolute Gasteiger partial charge is 0.240 e. The largest absolute Gasteiger partial charge is 0.348 e. The van der Waals surface area contributed by atoms with E-state index >= 15 is 0 Å². The molecule has 6 nitrogen and oxygen atoms in total. The van der Waals surface area contributed by atoms with E-state index in [1.807, 2.05) is 57.2 Å². The standard InChI is InChI=1S/C21H25N3O3S/c1-14-9-10-15(2)17(11-14)16(3)22-21(25)12-24-19-8-6-5-7-18(19)23-20(24)13-28(4,26)27/h5-11,16H,12-13H2,1-4H3,(H,22,25)/t16-/m0/s1. The van der Waals surface area contributed by atoms with E-state index in [2.05, 4.69) is 16.4 Å². The molecule has 0 radical (unpaired) electrons. The molecule has 1 heterocycles. The Kier molecular flexibility index (Phi) is 5.56. The van der Waals surface area contributed by atoms with Crippen LogP contribution in [-0.4, -0.2) is 30.1 Å². The maximum atomic E-state index is 12.7. The number of carbonyl (C=O) groups excluding carboxylic acids is 1. The van der Waals surface area contributed by atoms with Gasteiger partial charge < -0.3 is 9.88 Å². The predicted octanol–water partition coefficient (Wildman–Crippen LogP) is 3.08. The molecule has 148 valence electrons. The fourth-order valence-electron chi connectivity index (χ4n) is 3.38. The third-order valence-electron chi connectivity index (χ3n) is 4.71. The summed E-state index contributed by atoms with van der Waals surface area (Å²) in [5, 5.41) is 3.02. The first-order valence-corrected chi connectivity index (χ1v) is 11.2. The van der Waals surface area contributed by atoms with Crippen molar-refractivity contribution in [2.75, 3.05) is 6.26 Å². The Morgan fingerprint density at radius 3 is 2.61 bits per heavy atom. The van der Waals surface area contributed by atoms with Gasteiger partial charge in [-0.2, -0.15) is 0 Å². The van der Waals surface area contributed by atoms with Gasteiger partial charge in [-0.15, -0.1) is 0 Å². The van der Waals surface area contributed by atoms with Gasteiger partial charge >= 0.3 is 0 Å². The third-order valence-corrected chi connectivity index (χ3v) is 5.49. The zero-order chi connectivity index (χ0) is 20.5. The van der Waals surface area contributed by atoms with E-state index in [1.165, 1.54) is 6.26 Å². The molecule has 3 rings (SSSR count). The van der Waals surface area contributed by atoms with Crippen molar-refractivity contribution in [2.45, 2.75) is 39.1 Å². The van der Waals surface area contributed by atoms with E-state index in [-0.39, 0.29) is 24.2 Å². The first kappa shape index (κ1) is 20.1. The molecular formula is C21H25N3O3S. The first-order chi connectivity index (χ1) is 13.1. The van der Waals surface area contributed by atoms with Crippen molar-refractivity contribution in [1.82, 2.24) is 14.9 Å². The summed E-state index contributed by atoms with van der Waals surface area (Å²) in [6.07, 6.45) is 1.17. The molecule has 0 aliphatic rings. The molecule has 28 heavy (non-hydrogen) atoms. The summed E-state index contributed by atoms with van der Waals surface area (Å²) in [5.74, 6) is -0.0221. The fraction of sp³-hybridized carbons (Fsp3) is 0.333. The van der Waals surface area contributed by atoms with Crippen LogP contribution in [0.1, 0.15) is 35.5 Å². The van der Waals surface area contributed by atoms with Crippen LogP contribution in [0.5, 0.6) is 0 Å². The maximum Gasteiger partial charge on any atom is 0.240 e. The highest BCUT2D eigenvalue weighted by Gasteiger charge is 2.19. The second-order valence-corrected chi connectivity index (χ2v) is 9.46. The maximum absolute atomic E-state index is 12.7. The summed E-state index contributed by atoms with van der Waals surface area (Å²) >= 11 is 0. The highest BCUT2D eigenvalue weighted by atomic mass is 32.2. The van der Waals surface area contributed by atoms with Crippen LogP contribution in [0.2, 0.25) is 0 Å². The average Bonchev–Trinajstić information content (AvgIpc) is 2.92. The molecule has 0 aliphatic heterocycles. The van der Waals surface area contributed by atoms with Crippen LogP contribution in [0.3, 0.4) is 0 Å². The number of hydrogen-bond acceptors (Lipinski definition) is 4. The molecule has 0 aliphatic carbocycles. The van der Waals surface area contributed by atoms with Crippen molar-refractivity contribution in [2.24, 2.45) is 0 Å². The van der Waals surface area contributed by atoms with E-state index < -0.39 is 9.84 Å². The Morgan fingerprint density at radius 2 is 1.89 bits per heavy atom. The van der Waals surface area contributed by atoms with E-state index in [4.69, 9.17) is 0 Å². The van der Waals surface area contributed by atoms with Crippen LogP contribution in [-0.2, 0) is 26.9 Å². The van der Waals surface area contributed by atoms with Gasteiger partial charge in [0.05, 0.1) is 17.1 Å². The van der Waals surface area contributed by atoms with Gasteiger partial charge in [0.25, 0.3) is 0 Å². The Morgan fingerprint density at radius 1 is 1.18 bits per heavy atom. The number of nitrogens with one attached hydrogen (secondary N) is 1. The number of aryl methyl sites for hydroxylation is 2. The normalized spacial score (nSPS) is 12.9. The van der Waals surface area contributed by atoms with E-state index in [0.717, 1.165) is 22.2 Å². The SMILES string of the molecule is Cc1ccc(C)c([C@H](C)NC(=O)Cn2c(CS(C)(=O)=O)nc3ccccc32)c1. The summed E-state index contributed by atoms with van der Waals surface area (Å²) in [6.45, 7) is 6.00. The number of imidazole rings is 1. The van der Waals surface area contributed by atoms with Crippen molar-refractivity contribution in [3.05, 3.63) is 65.0 Å². The van der Waals surface area contributed by atoms with E-state index in [0.29, 0.717) is 11.3 Å². The Balaban J connectivity index is 1.86. The number of carbonyl (C=O) groups is 1. The predicted molar refractivity (Wildman–Crippen MR) is 111 cm³/mol. The van der Waals surface area contributed by atoms with Gasteiger partial charge in [-0.1, -0.05) is 35.9 Å². The topological polar surface area (TPSA) is 81.1 Å². The summed E-state index contributed by atoms with van der Waals surface area (Å²) in [4.78, 5) is 17.2. The monoisotopic (exact) mass is 399 g/mol. The Bertz CT molecular complexity index is 1130. The van der Waals surface area contributed by atoms with Crippen LogP contribution >= 0.6 is 0 Å². The van der Waals surface area contributed by atoms with Gasteiger partial charge in [0.2, 0.25) is 5.91 Å². The van der Waals surface area contributed by atoms with Crippen molar-refractivity contribution in [3.8, 4) is 0 Å². The number of benzene rings is 2. The van der Waals surface area contributed by atoms with Crippen molar-refractivity contribution in [3.63, 3.8) is 0 Å². The minimum absolute atomic E-state index is 0.0145. The number of aromatic nitrogens is 2. The van der Waals surface area contributed by atoms with Crippen LogP contribution in [0.15, 0.2) is 42.5 Å². The number of fused-ring (bicyclic) bond motifs is 1. The number of rotatable bonds is 6. The molecule has 1 amide bonds. The lowest BCUT2D eigenvalue weighted by Crippen LogP contribution is -2.31. The molecule has 2 aromatic carbocycles. The molecule has 0 spiro atoms. The average molecular weight is 400 g/mol. The number of hydrogen-bond donors (Lipinski definition) is 1. The first-order valence-electron chi connectivity index (χ1n) is 9.12. The summed E-state index contributed by atoms with van der Waals surface area (Å²) in [5.41, 5.74) is 4.74. The minimum atomic E-state index is -3.27. The molecule has 0 unspecified atom stereocenters. The van der Waals surface area contributed by atoms with E-state index in [9.17, 15) is 13.2 Å². The quantitative estimate of drug-likeness (QED) is 0.691. The highest BCUT2D eigenvalue weighted by Crippen LogP contribution is 2.20. The van der Waals surface area contributed by atoms with Crippen LogP contribution in [0.25, 0.3) is 11.0 Å². The molecular weight excluding hydrogens is 374 g/mol. The highest BCUT2D eigenvalue weighted by molar-refractivity contribution is 7.89. The van der Waals surface area contributed by atoms with Crippen LogP contribution < -0.4 is 5.32 Å². The molecule has 1 N–H and O–H groups in total. The zero-order valence-electron chi connectivity index (χ0n) is 16.6. The van der Waals surface area contributed by atoms with Gasteiger partial charge in [0.15, 0.2) is 9.84 Å². The van der Waals surface area contributed by atoms with E-state index in [1.54, 1.807) is 4.57 Å². The molecule has 3 aromatic rings. The van der Waals surface area contributed by atoms with Gasteiger partial charge in [-0.25, -0.2) is 13.4 Å². The molecule has 1 atom stereocenters. The lowest BCUT2D eigenvalue weighted by Gasteiger charge is -2.18. The molecule has 0 saturated heterocycles. The van der Waals surface area contributed by atoms with Gasteiger partial charge in [0, 0.05) is 6.26 Å². The summed E-state index contributed by atoms with van der Waals surface area (Å²) in [6, 6.07) is 13.4. The Hall–Kier alpha value is -2.67. The molecule has 0 fully saturated rings. The summed E-state index contributed by atoms with van der Waals surface area (Å²) < 4.78 is 25.3. The van der Waals surface area contributed by atoms with Crippen molar-refractivity contribution >= 4 is 26.8 Å². The Labute approximate surface area is 165 Å². The zero-order valence-corrected chi connectivity index (χ0v) is 17.4. The van der Waals surface area contributed by atoms with Gasteiger partial charge in [-0.3, -0.25) is 4.79 Å². The summed E-state index contributed by atoms with van der Waals surface area (Å²) in [7, 11) is -3.27. The fourth-order valence-corrected chi connectivity index (χ4v) is 4.07.